The largest absolute Gasteiger partial charge is 0.494 e. The van der Waals surface area contributed by atoms with E-state index < -0.39 is 0 Å². The molecule has 0 saturated heterocycles. The minimum absolute atomic E-state index is 0.0886. The fourth-order valence-electron chi connectivity index (χ4n) is 1.52. The van der Waals surface area contributed by atoms with Crippen LogP contribution in [0.2, 0.25) is 0 Å². The zero-order valence-corrected chi connectivity index (χ0v) is 9.40. The summed E-state index contributed by atoms with van der Waals surface area (Å²) in [4.78, 5) is 0. The highest BCUT2D eigenvalue weighted by Gasteiger charge is 2.08. The Labute approximate surface area is 91.2 Å². The van der Waals surface area contributed by atoms with Gasteiger partial charge in [-0.1, -0.05) is 12.1 Å². The Morgan fingerprint density at radius 1 is 1.27 bits per heavy atom. The molecule has 84 valence electrons. The van der Waals surface area contributed by atoms with Crippen LogP contribution in [-0.4, -0.2) is 20.3 Å². The molecule has 3 heteroatoms. The Hall–Kier alpha value is -1.06. The molecular weight excluding hydrogens is 190 g/mol. The van der Waals surface area contributed by atoms with Crippen molar-refractivity contribution < 1.29 is 9.47 Å². The molecule has 0 amide bonds. The Morgan fingerprint density at radius 3 is 2.40 bits per heavy atom. The van der Waals surface area contributed by atoms with Crippen LogP contribution in [0.3, 0.4) is 0 Å². The van der Waals surface area contributed by atoms with Crippen LogP contribution in [0.15, 0.2) is 24.3 Å². The lowest BCUT2D eigenvalue weighted by molar-refractivity contribution is 0.0977. The van der Waals surface area contributed by atoms with E-state index in [4.69, 9.17) is 15.2 Å². The van der Waals surface area contributed by atoms with E-state index in [1.54, 1.807) is 7.11 Å². The van der Waals surface area contributed by atoms with Gasteiger partial charge in [0.25, 0.3) is 0 Å². The number of hydrogen-bond acceptors (Lipinski definition) is 3. The fraction of sp³-hybridized carbons (Fsp3) is 0.500. The van der Waals surface area contributed by atoms with Crippen LogP contribution in [0.5, 0.6) is 5.75 Å². The second-order valence-corrected chi connectivity index (χ2v) is 3.30. The Balaban J connectivity index is 2.68. The standard InChI is InChI=1S/C12H19NO2/c1-3-15-11-6-4-10(5-7-11)12(14-2)8-9-13/h4-7,12H,3,8-9,13H2,1-2H3. The van der Waals surface area contributed by atoms with Crippen LogP contribution >= 0.6 is 0 Å². The zero-order valence-electron chi connectivity index (χ0n) is 9.40. The van der Waals surface area contributed by atoms with E-state index in [2.05, 4.69) is 0 Å². The molecule has 1 unspecified atom stereocenters. The SMILES string of the molecule is CCOc1ccc(C(CCN)OC)cc1. The predicted molar refractivity (Wildman–Crippen MR) is 61.0 cm³/mol. The molecule has 0 aliphatic rings. The lowest BCUT2D eigenvalue weighted by atomic mass is 10.1. The van der Waals surface area contributed by atoms with Crippen molar-refractivity contribution in [1.29, 1.82) is 0 Å². The first-order valence-electron chi connectivity index (χ1n) is 5.27. The first kappa shape index (κ1) is 12.0. The van der Waals surface area contributed by atoms with Crippen molar-refractivity contribution in [2.45, 2.75) is 19.4 Å². The van der Waals surface area contributed by atoms with Gasteiger partial charge in [0, 0.05) is 7.11 Å². The molecule has 3 nitrogen and oxygen atoms in total. The topological polar surface area (TPSA) is 44.5 Å². The molecule has 0 radical (unpaired) electrons. The smallest absolute Gasteiger partial charge is 0.119 e. The van der Waals surface area contributed by atoms with Gasteiger partial charge in [-0.05, 0) is 37.6 Å². The molecule has 1 atom stereocenters. The van der Waals surface area contributed by atoms with Gasteiger partial charge in [0.15, 0.2) is 0 Å². The second-order valence-electron chi connectivity index (χ2n) is 3.30. The fourth-order valence-corrected chi connectivity index (χ4v) is 1.52. The first-order valence-corrected chi connectivity index (χ1v) is 5.27. The van der Waals surface area contributed by atoms with Crippen LogP contribution in [0.25, 0.3) is 0 Å². The molecule has 1 rings (SSSR count). The highest BCUT2D eigenvalue weighted by molar-refractivity contribution is 5.28. The minimum Gasteiger partial charge on any atom is -0.494 e. The highest BCUT2D eigenvalue weighted by atomic mass is 16.5. The number of benzene rings is 1. The average Bonchev–Trinajstić information content (AvgIpc) is 2.28. The third-order valence-corrected chi connectivity index (χ3v) is 2.28. The van der Waals surface area contributed by atoms with Crippen LogP contribution in [0.1, 0.15) is 25.0 Å². The molecule has 0 aliphatic heterocycles. The van der Waals surface area contributed by atoms with Crippen LogP contribution < -0.4 is 10.5 Å². The third-order valence-electron chi connectivity index (χ3n) is 2.28. The summed E-state index contributed by atoms with van der Waals surface area (Å²) in [6.45, 7) is 3.29. The van der Waals surface area contributed by atoms with Crippen LogP contribution in [0, 0.1) is 0 Å². The summed E-state index contributed by atoms with van der Waals surface area (Å²) in [7, 11) is 1.71. The molecule has 0 spiro atoms. The van der Waals surface area contributed by atoms with E-state index in [1.165, 1.54) is 0 Å². The monoisotopic (exact) mass is 209 g/mol. The Morgan fingerprint density at radius 2 is 1.93 bits per heavy atom. The lowest BCUT2D eigenvalue weighted by Gasteiger charge is -2.15. The summed E-state index contributed by atoms with van der Waals surface area (Å²) in [6, 6.07) is 7.96. The van der Waals surface area contributed by atoms with Crippen LogP contribution in [0.4, 0.5) is 0 Å². The van der Waals surface area contributed by atoms with E-state index in [9.17, 15) is 0 Å². The zero-order chi connectivity index (χ0) is 11.1. The van der Waals surface area contributed by atoms with E-state index in [0.29, 0.717) is 13.2 Å². The quantitative estimate of drug-likeness (QED) is 0.780. The van der Waals surface area contributed by atoms with Gasteiger partial charge >= 0.3 is 0 Å². The number of methoxy groups -OCH3 is 1. The summed E-state index contributed by atoms with van der Waals surface area (Å²) in [5.74, 6) is 0.892. The first-order chi connectivity index (χ1) is 7.31. The maximum Gasteiger partial charge on any atom is 0.119 e. The van der Waals surface area contributed by atoms with Crippen molar-refractivity contribution in [1.82, 2.24) is 0 Å². The maximum absolute atomic E-state index is 5.52. The normalized spacial score (nSPS) is 12.5. The summed E-state index contributed by atoms with van der Waals surface area (Å²) in [5, 5.41) is 0. The third kappa shape index (κ3) is 3.53. The molecule has 0 aliphatic carbocycles. The summed E-state index contributed by atoms with van der Waals surface area (Å²) < 4.78 is 10.7. The molecule has 0 heterocycles. The molecular formula is C12H19NO2. The molecule has 15 heavy (non-hydrogen) atoms. The van der Waals surface area contributed by atoms with Crippen molar-refractivity contribution in [3.05, 3.63) is 29.8 Å². The Kier molecular flexibility index (Phi) is 5.15. The maximum atomic E-state index is 5.52. The summed E-state index contributed by atoms with van der Waals surface area (Å²) in [5.41, 5.74) is 6.66. The van der Waals surface area contributed by atoms with Crippen molar-refractivity contribution in [3.8, 4) is 5.75 Å². The van der Waals surface area contributed by atoms with Gasteiger partial charge in [-0.2, -0.15) is 0 Å². The van der Waals surface area contributed by atoms with Gasteiger partial charge in [-0.15, -0.1) is 0 Å². The van der Waals surface area contributed by atoms with Gasteiger partial charge in [-0.25, -0.2) is 0 Å². The van der Waals surface area contributed by atoms with E-state index in [-0.39, 0.29) is 6.10 Å². The molecule has 2 N–H and O–H groups in total. The lowest BCUT2D eigenvalue weighted by Crippen LogP contribution is -2.09. The molecule has 1 aromatic rings. The van der Waals surface area contributed by atoms with Gasteiger partial charge in [0.1, 0.15) is 5.75 Å². The van der Waals surface area contributed by atoms with Gasteiger partial charge in [-0.3, -0.25) is 0 Å². The van der Waals surface area contributed by atoms with Crippen LogP contribution in [-0.2, 0) is 4.74 Å². The van der Waals surface area contributed by atoms with Crippen molar-refractivity contribution in [3.63, 3.8) is 0 Å². The molecule has 0 saturated carbocycles. The van der Waals surface area contributed by atoms with Gasteiger partial charge in [0.2, 0.25) is 0 Å². The molecule has 0 fully saturated rings. The van der Waals surface area contributed by atoms with E-state index in [1.807, 2.05) is 31.2 Å². The van der Waals surface area contributed by atoms with Crippen molar-refractivity contribution in [2.75, 3.05) is 20.3 Å². The molecule has 1 aromatic carbocycles. The van der Waals surface area contributed by atoms with Gasteiger partial charge in [0.05, 0.1) is 12.7 Å². The minimum atomic E-state index is 0.0886. The summed E-state index contributed by atoms with van der Waals surface area (Å²) >= 11 is 0. The van der Waals surface area contributed by atoms with Crippen molar-refractivity contribution in [2.24, 2.45) is 5.73 Å². The molecule has 0 bridgehead atoms. The number of rotatable bonds is 6. The number of hydrogen-bond donors (Lipinski definition) is 1. The second kappa shape index (κ2) is 6.43. The Bertz CT molecular complexity index is 271. The van der Waals surface area contributed by atoms with Gasteiger partial charge < -0.3 is 15.2 Å². The van der Waals surface area contributed by atoms with Crippen molar-refractivity contribution >= 4 is 0 Å². The van der Waals surface area contributed by atoms with E-state index in [0.717, 1.165) is 17.7 Å². The highest BCUT2D eigenvalue weighted by Crippen LogP contribution is 2.22. The van der Waals surface area contributed by atoms with E-state index >= 15 is 0 Å². The summed E-state index contributed by atoms with van der Waals surface area (Å²) in [6.07, 6.45) is 0.926. The molecule has 0 aromatic heterocycles. The average molecular weight is 209 g/mol. The number of ether oxygens (including phenoxy) is 2. The predicted octanol–water partition coefficient (Wildman–Crippen LogP) is 2.12. The number of nitrogens with two attached hydrogens (primary N) is 1.